The second kappa shape index (κ2) is 20.9. The van der Waals surface area contributed by atoms with Crippen LogP contribution in [0.4, 0.5) is 36.2 Å². The van der Waals surface area contributed by atoms with Gasteiger partial charge in [-0.2, -0.15) is 13.2 Å². The smallest absolute Gasteiger partial charge is 0.471 e. The van der Waals surface area contributed by atoms with Crippen molar-refractivity contribution in [3.63, 3.8) is 0 Å². The molecule has 0 atom stereocenters. The zero-order valence-corrected chi connectivity index (χ0v) is 26.6. The van der Waals surface area contributed by atoms with Gasteiger partial charge in [0.05, 0.1) is 18.1 Å². The van der Waals surface area contributed by atoms with E-state index in [0.717, 1.165) is 43.9 Å². The van der Waals surface area contributed by atoms with Crippen molar-refractivity contribution in [1.29, 1.82) is 0 Å². The van der Waals surface area contributed by atoms with Crippen LogP contribution in [0.1, 0.15) is 52.5 Å². The number of nitrogens with one attached hydrogen (secondary N) is 3. The zero-order valence-electron chi connectivity index (χ0n) is 25.8. The number of benzene rings is 2. The van der Waals surface area contributed by atoms with Crippen LogP contribution in [0.3, 0.4) is 0 Å². The summed E-state index contributed by atoms with van der Waals surface area (Å²) in [7, 11) is 0. The molecule has 3 N–H and O–H groups in total. The number of hydrogen-bond donors (Lipinski definition) is 3. The molecule has 3 aromatic rings. The Hall–Kier alpha value is -3.90. The number of amides is 2. The van der Waals surface area contributed by atoms with E-state index in [2.05, 4.69) is 53.2 Å². The van der Waals surface area contributed by atoms with Gasteiger partial charge in [0.1, 0.15) is 12.4 Å². The van der Waals surface area contributed by atoms with Gasteiger partial charge in [-0.05, 0) is 68.8 Å². The van der Waals surface area contributed by atoms with Gasteiger partial charge in [-0.1, -0.05) is 51.8 Å². The minimum Gasteiger partial charge on any atom is -0.492 e. The molecular formula is C31H42ClF3N6O3. The molecule has 3 rings (SSSR count). The summed E-state index contributed by atoms with van der Waals surface area (Å²) in [4.78, 5) is 31.7. The summed E-state index contributed by atoms with van der Waals surface area (Å²) in [6, 6.07) is 11.8. The largest absolute Gasteiger partial charge is 0.492 e. The molecular weight excluding hydrogens is 597 g/mol. The fourth-order valence-electron chi connectivity index (χ4n) is 3.51. The van der Waals surface area contributed by atoms with Gasteiger partial charge < -0.3 is 20.7 Å². The molecule has 1 heterocycles. The highest BCUT2D eigenvalue weighted by molar-refractivity contribution is 6.31. The average Bonchev–Trinajstić information content (AvgIpc) is 2.97. The van der Waals surface area contributed by atoms with Crippen molar-refractivity contribution >= 4 is 46.9 Å². The minimum absolute atomic E-state index is 0.0687. The second-order valence-electron chi connectivity index (χ2n) is 9.52. The number of aryl methyl sites for hydroxylation is 1. The summed E-state index contributed by atoms with van der Waals surface area (Å²) >= 11 is 5.67. The van der Waals surface area contributed by atoms with E-state index < -0.39 is 12.1 Å². The van der Waals surface area contributed by atoms with E-state index in [1.807, 2.05) is 24.3 Å². The number of rotatable bonds is 13. The molecule has 44 heavy (non-hydrogen) atoms. The van der Waals surface area contributed by atoms with Crippen LogP contribution in [0.25, 0.3) is 0 Å². The van der Waals surface area contributed by atoms with Crippen molar-refractivity contribution in [3.8, 4) is 5.75 Å². The first-order valence-corrected chi connectivity index (χ1v) is 14.7. The fourth-order valence-corrected chi connectivity index (χ4v) is 3.63. The van der Waals surface area contributed by atoms with Crippen molar-refractivity contribution < 1.29 is 27.5 Å². The van der Waals surface area contributed by atoms with Crippen molar-refractivity contribution in [3.05, 3.63) is 65.4 Å². The van der Waals surface area contributed by atoms with Crippen molar-refractivity contribution in [2.24, 2.45) is 0 Å². The standard InChI is InChI=1S/C19H27N5O2.C9H7ClF3NO.C3H8/c1-3-8-24(9-4-2)10-11-26-18-7-5-6-16(12-18)23-19-20-13-17(14-21-19)22-15-25;1-5-4-6(2-3-7(5)10)14-8(15)9(11,12)13;1-3-2/h5-7,12-15H,3-4,8-11H2,1-2H3,(H,22,25)(H,20,21,23);2-4H,1H3,(H,14,15);3H2,1-2H3. The van der Waals surface area contributed by atoms with E-state index in [1.165, 1.54) is 24.6 Å². The summed E-state index contributed by atoms with van der Waals surface area (Å²) in [5.41, 5.74) is 2.06. The highest BCUT2D eigenvalue weighted by atomic mass is 35.5. The van der Waals surface area contributed by atoms with Crippen LogP contribution in [-0.2, 0) is 9.59 Å². The topological polar surface area (TPSA) is 108 Å². The Bertz CT molecular complexity index is 1260. The number of halogens is 4. The van der Waals surface area contributed by atoms with Crippen molar-refractivity contribution in [1.82, 2.24) is 14.9 Å². The third-order valence-electron chi connectivity index (χ3n) is 5.40. The monoisotopic (exact) mass is 638 g/mol. The second-order valence-corrected chi connectivity index (χ2v) is 9.93. The number of alkyl halides is 3. The summed E-state index contributed by atoms with van der Waals surface area (Å²) in [5, 5.41) is 7.78. The molecule has 0 unspecified atom stereocenters. The van der Waals surface area contributed by atoms with E-state index in [0.29, 0.717) is 35.2 Å². The number of hydrogen-bond acceptors (Lipinski definition) is 7. The number of carbonyl (C=O) groups excluding carboxylic acids is 2. The summed E-state index contributed by atoms with van der Waals surface area (Å²) in [6.45, 7) is 14.1. The minimum atomic E-state index is -4.88. The Morgan fingerprint density at radius 2 is 1.59 bits per heavy atom. The van der Waals surface area contributed by atoms with E-state index in [1.54, 1.807) is 24.6 Å². The molecule has 2 amide bonds. The Labute approximate surface area is 262 Å². The van der Waals surface area contributed by atoms with Crippen LogP contribution in [-0.4, -0.2) is 59.6 Å². The first-order chi connectivity index (χ1) is 21.0. The lowest BCUT2D eigenvalue weighted by Gasteiger charge is -2.21. The van der Waals surface area contributed by atoms with Gasteiger partial charge in [0.15, 0.2) is 0 Å². The summed E-state index contributed by atoms with van der Waals surface area (Å²) in [5.74, 6) is -0.734. The first kappa shape index (κ1) is 38.1. The number of anilines is 4. The maximum atomic E-state index is 11.9. The molecule has 0 aliphatic carbocycles. The fraction of sp³-hybridized carbons (Fsp3) is 0.419. The average molecular weight is 639 g/mol. The maximum absolute atomic E-state index is 11.9. The zero-order chi connectivity index (χ0) is 33.0. The van der Waals surface area contributed by atoms with Crippen LogP contribution in [0, 0.1) is 6.92 Å². The molecule has 0 saturated carbocycles. The maximum Gasteiger partial charge on any atom is 0.471 e. The number of carbonyl (C=O) groups is 2. The van der Waals surface area contributed by atoms with E-state index in [9.17, 15) is 22.8 Å². The lowest BCUT2D eigenvalue weighted by atomic mass is 10.2. The highest BCUT2D eigenvalue weighted by Gasteiger charge is 2.38. The van der Waals surface area contributed by atoms with E-state index in [-0.39, 0.29) is 5.69 Å². The molecule has 13 heteroatoms. The summed E-state index contributed by atoms with van der Waals surface area (Å²) in [6.07, 6.45) is 2.35. The Morgan fingerprint density at radius 3 is 2.14 bits per heavy atom. The lowest BCUT2D eigenvalue weighted by molar-refractivity contribution is -0.167. The Morgan fingerprint density at radius 1 is 0.955 bits per heavy atom. The van der Waals surface area contributed by atoms with Crippen LogP contribution >= 0.6 is 11.6 Å². The SMILES string of the molecule is CCC.CCCN(CCC)CCOc1cccc(Nc2ncc(NC=O)cn2)c1.Cc1cc(NC(=O)C(F)(F)F)ccc1Cl. The molecule has 0 bridgehead atoms. The van der Waals surface area contributed by atoms with Crippen LogP contribution in [0.5, 0.6) is 5.75 Å². The highest BCUT2D eigenvalue weighted by Crippen LogP contribution is 2.23. The molecule has 2 aromatic carbocycles. The van der Waals surface area contributed by atoms with Gasteiger partial charge in [0, 0.05) is 29.0 Å². The molecule has 0 radical (unpaired) electrons. The molecule has 0 spiro atoms. The third kappa shape index (κ3) is 15.5. The van der Waals surface area contributed by atoms with Crippen LogP contribution < -0.4 is 20.7 Å². The van der Waals surface area contributed by atoms with Gasteiger partial charge in [-0.3, -0.25) is 14.5 Å². The third-order valence-corrected chi connectivity index (χ3v) is 5.82. The molecule has 0 aliphatic rings. The lowest BCUT2D eigenvalue weighted by Crippen LogP contribution is -2.30. The molecule has 0 fully saturated rings. The first-order valence-electron chi connectivity index (χ1n) is 14.4. The van der Waals surface area contributed by atoms with Gasteiger partial charge in [0.2, 0.25) is 12.4 Å². The summed E-state index contributed by atoms with van der Waals surface area (Å²) < 4.78 is 41.5. The number of aromatic nitrogens is 2. The molecule has 0 saturated heterocycles. The van der Waals surface area contributed by atoms with Gasteiger partial charge in [0.25, 0.3) is 0 Å². The van der Waals surface area contributed by atoms with Crippen LogP contribution in [0.15, 0.2) is 54.9 Å². The Kier molecular flexibility index (Phi) is 18.1. The van der Waals surface area contributed by atoms with Crippen molar-refractivity contribution in [2.75, 3.05) is 42.2 Å². The quantitative estimate of drug-likeness (QED) is 0.164. The molecule has 0 aliphatic heterocycles. The van der Waals surface area contributed by atoms with Crippen molar-refractivity contribution in [2.45, 2.75) is 60.1 Å². The predicted octanol–water partition coefficient (Wildman–Crippen LogP) is 7.85. The number of ether oxygens (including phenoxy) is 1. The normalized spacial score (nSPS) is 10.5. The van der Waals surface area contributed by atoms with Crippen LogP contribution in [0.2, 0.25) is 5.02 Å². The molecule has 1 aromatic heterocycles. The molecule has 242 valence electrons. The Balaban J connectivity index is 0.000000455. The van der Waals surface area contributed by atoms with Gasteiger partial charge in [-0.15, -0.1) is 0 Å². The van der Waals surface area contributed by atoms with E-state index in [4.69, 9.17) is 16.3 Å². The number of nitrogens with zero attached hydrogens (tertiary/aromatic N) is 3. The van der Waals surface area contributed by atoms with Gasteiger partial charge in [-0.25, -0.2) is 9.97 Å². The predicted molar refractivity (Wildman–Crippen MR) is 171 cm³/mol. The van der Waals surface area contributed by atoms with Gasteiger partial charge >= 0.3 is 12.1 Å². The molecule has 9 nitrogen and oxygen atoms in total. The van der Waals surface area contributed by atoms with E-state index >= 15 is 0 Å².